The molecular weight excluding hydrogens is 280 g/mol. The molecule has 108 valence electrons. The molecule has 0 aliphatic carbocycles. The zero-order chi connectivity index (χ0) is 15.9. The lowest BCUT2D eigenvalue weighted by molar-refractivity contribution is -0.143. The second kappa shape index (κ2) is 4.71. The van der Waals surface area contributed by atoms with Gasteiger partial charge in [-0.2, -0.15) is 10.5 Å². The van der Waals surface area contributed by atoms with E-state index in [0.29, 0.717) is 0 Å². The molecular formula is C16H12N4O2. The highest BCUT2D eigenvalue weighted by Gasteiger charge is 2.55. The summed E-state index contributed by atoms with van der Waals surface area (Å²) >= 11 is 0. The molecule has 0 saturated carbocycles. The number of nitriles is 2. The highest BCUT2D eigenvalue weighted by molar-refractivity contribution is 6.03. The number of hydrogen-bond acceptors (Lipinski definition) is 4. The number of nitrogens with zero attached hydrogens (tertiary/aromatic N) is 3. The molecule has 1 fully saturated rings. The zero-order valence-corrected chi connectivity index (χ0v) is 11.8. The van der Waals surface area contributed by atoms with Gasteiger partial charge in [0.05, 0.1) is 17.7 Å². The maximum atomic E-state index is 12.1. The van der Waals surface area contributed by atoms with Gasteiger partial charge in [0.25, 0.3) is 0 Å². The number of rotatable bonds is 1. The minimum absolute atomic E-state index is 0.667. The van der Waals surface area contributed by atoms with E-state index in [1.807, 2.05) is 42.5 Å². The average Bonchev–Trinajstić information content (AvgIpc) is 2.92. The van der Waals surface area contributed by atoms with Gasteiger partial charge in [-0.1, -0.05) is 18.2 Å². The van der Waals surface area contributed by atoms with E-state index in [0.717, 1.165) is 10.9 Å². The van der Waals surface area contributed by atoms with Crippen molar-refractivity contribution >= 4 is 22.7 Å². The van der Waals surface area contributed by atoms with Gasteiger partial charge in [-0.05, 0) is 24.4 Å². The fraction of sp³-hybridized carbons (Fsp3) is 0.250. The lowest BCUT2D eigenvalue weighted by Gasteiger charge is -2.41. The maximum Gasteiger partial charge on any atom is 0.246 e. The van der Waals surface area contributed by atoms with Crippen LogP contribution in [0.25, 0.3) is 10.9 Å². The summed E-state index contributed by atoms with van der Waals surface area (Å²) < 4.78 is 1.70. The predicted molar refractivity (Wildman–Crippen MR) is 76.9 cm³/mol. The number of amides is 2. The normalized spacial score (nSPS) is 28.0. The number of benzene rings is 1. The molecule has 0 bridgehead atoms. The summed E-state index contributed by atoms with van der Waals surface area (Å²) in [6.07, 6.45) is 1.71. The number of nitrogens with one attached hydrogen (secondary N) is 1. The Hall–Kier alpha value is -3.12. The summed E-state index contributed by atoms with van der Waals surface area (Å²) in [5.74, 6) is -3.60. The van der Waals surface area contributed by atoms with Gasteiger partial charge in [0, 0.05) is 11.7 Å². The molecule has 22 heavy (non-hydrogen) atoms. The van der Waals surface area contributed by atoms with Crippen LogP contribution < -0.4 is 5.32 Å². The first-order valence-corrected chi connectivity index (χ1v) is 6.74. The summed E-state index contributed by atoms with van der Waals surface area (Å²) in [5, 5.41) is 21.9. The molecule has 1 N–H and O–H groups in total. The van der Waals surface area contributed by atoms with Crippen molar-refractivity contribution in [2.45, 2.75) is 12.5 Å². The lowest BCUT2D eigenvalue weighted by Crippen LogP contribution is -2.61. The first-order valence-electron chi connectivity index (χ1n) is 6.74. The SMILES string of the molecule is CC1(n2ccc3ccccc32)C(C#N)C(=O)NC(=O)C1C#N. The molecule has 0 spiro atoms. The quantitative estimate of drug-likeness (QED) is 0.801. The van der Waals surface area contributed by atoms with Crippen LogP contribution in [0.5, 0.6) is 0 Å². The topological polar surface area (TPSA) is 98.7 Å². The largest absolute Gasteiger partial charge is 0.338 e. The molecule has 2 aromatic rings. The third kappa shape index (κ3) is 1.64. The van der Waals surface area contributed by atoms with Crippen molar-refractivity contribution in [3.8, 4) is 12.1 Å². The van der Waals surface area contributed by atoms with Crippen LogP contribution in [0.15, 0.2) is 36.5 Å². The van der Waals surface area contributed by atoms with Crippen LogP contribution in [0.2, 0.25) is 0 Å². The van der Waals surface area contributed by atoms with Gasteiger partial charge < -0.3 is 4.57 Å². The average molecular weight is 292 g/mol. The molecule has 3 rings (SSSR count). The Morgan fingerprint density at radius 1 is 1.09 bits per heavy atom. The second-order valence-electron chi connectivity index (χ2n) is 5.45. The zero-order valence-electron chi connectivity index (χ0n) is 11.8. The number of carbonyl (C=O) groups is 2. The van der Waals surface area contributed by atoms with Gasteiger partial charge >= 0.3 is 0 Å². The molecule has 1 aromatic heterocycles. The Bertz CT molecular complexity index is 836. The van der Waals surface area contributed by atoms with Gasteiger partial charge in [-0.3, -0.25) is 14.9 Å². The highest BCUT2D eigenvalue weighted by atomic mass is 16.2. The van der Waals surface area contributed by atoms with Gasteiger partial charge in [-0.15, -0.1) is 0 Å². The Balaban J connectivity index is 2.31. The molecule has 2 atom stereocenters. The molecule has 1 aromatic carbocycles. The summed E-state index contributed by atoms with van der Waals surface area (Å²) in [6.45, 7) is 1.61. The van der Waals surface area contributed by atoms with Crippen molar-refractivity contribution in [1.29, 1.82) is 10.5 Å². The molecule has 2 heterocycles. The van der Waals surface area contributed by atoms with E-state index in [1.165, 1.54) is 0 Å². The van der Waals surface area contributed by atoms with Crippen LogP contribution in [0.4, 0.5) is 0 Å². The van der Waals surface area contributed by atoms with E-state index < -0.39 is 29.2 Å². The molecule has 0 radical (unpaired) electrons. The number of aromatic nitrogens is 1. The molecule has 6 nitrogen and oxygen atoms in total. The summed E-state index contributed by atoms with van der Waals surface area (Å²) in [5.41, 5.74) is -0.487. The van der Waals surface area contributed by atoms with E-state index in [4.69, 9.17) is 0 Å². The van der Waals surface area contributed by atoms with Crippen molar-refractivity contribution in [1.82, 2.24) is 9.88 Å². The van der Waals surface area contributed by atoms with Crippen molar-refractivity contribution in [3.63, 3.8) is 0 Å². The fourth-order valence-electron chi connectivity index (χ4n) is 3.12. The van der Waals surface area contributed by atoms with E-state index in [1.54, 1.807) is 17.7 Å². The Morgan fingerprint density at radius 3 is 2.27 bits per heavy atom. The molecule has 1 aliphatic rings. The Labute approximate surface area is 126 Å². The minimum Gasteiger partial charge on any atom is -0.338 e. The third-order valence-corrected chi connectivity index (χ3v) is 4.32. The van der Waals surface area contributed by atoms with E-state index >= 15 is 0 Å². The maximum absolute atomic E-state index is 12.1. The van der Waals surface area contributed by atoms with Crippen LogP contribution in [-0.2, 0) is 15.1 Å². The first kappa shape index (κ1) is 13.8. The molecule has 1 aliphatic heterocycles. The molecule has 2 amide bonds. The van der Waals surface area contributed by atoms with Crippen molar-refractivity contribution in [2.75, 3.05) is 0 Å². The lowest BCUT2D eigenvalue weighted by atomic mass is 9.72. The second-order valence-corrected chi connectivity index (χ2v) is 5.45. The number of imide groups is 1. The number of fused-ring (bicyclic) bond motifs is 1. The van der Waals surface area contributed by atoms with Crippen LogP contribution in [0, 0.1) is 34.5 Å². The standard InChI is InChI=1S/C16H12N4O2/c1-16(20-7-6-10-4-2-3-5-13(10)20)11(8-17)14(21)19-15(22)12(16)9-18/h2-7,11-12H,1H3,(H,19,21,22). The van der Waals surface area contributed by atoms with Gasteiger partial charge in [-0.25, -0.2) is 0 Å². The van der Waals surface area contributed by atoms with Crippen molar-refractivity contribution in [2.24, 2.45) is 11.8 Å². The first-order chi connectivity index (χ1) is 10.5. The third-order valence-electron chi connectivity index (χ3n) is 4.32. The number of hydrogen-bond donors (Lipinski definition) is 1. The summed E-state index contributed by atoms with van der Waals surface area (Å²) in [4.78, 5) is 24.1. The van der Waals surface area contributed by atoms with E-state index in [2.05, 4.69) is 5.32 Å². The monoisotopic (exact) mass is 292 g/mol. The predicted octanol–water partition coefficient (Wildman–Crippen LogP) is 1.29. The molecule has 1 saturated heterocycles. The Kier molecular flexibility index (Phi) is 2.97. The fourth-order valence-corrected chi connectivity index (χ4v) is 3.12. The smallest absolute Gasteiger partial charge is 0.246 e. The van der Waals surface area contributed by atoms with Gasteiger partial charge in [0.15, 0.2) is 11.8 Å². The van der Waals surface area contributed by atoms with Crippen molar-refractivity contribution < 1.29 is 9.59 Å². The van der Waals surface area contributed by atoms with Crippen LogP contribution in [-0.4, -0.2) is 16.4 Å². The van der Waals surface area contributed by atoms with Gasteiger partial charge in [0.2, 0.25) is 11.8 Å². The molecule has 6 heteroatoms. The van der Waals surface area contributed by atoms with Crippen LogP contribution in [0.3, 0.4) is 0 Å². The molecule has 2 unspecified atom stereocenters. The number of carbonyl (C=O) groups excluding carboxylic acids is 2. The van der Waals surface area contributed by atoms with E-state index in [9.17, 15) is 20.1 Å². The van der Waals surface area contributed by atoms with E-state index in [-0.39, 0.29) is 0 Å². The highest BCUT2D eigenvalue weighted by Crippen LogP contribution is 2.39. The van der Waals surface area contributed by atoms with Crippen LogP contribution >= 0.6 is 0 Å². The van der Waals surface area contributed by atoms with Gasteiger partial charge in [0.1, 0.15) is 0 Å². The summed E-state index contributed by atoms with van der Waals surface area (Å²) in [6, 6.07) is 13.2. The van der Waals surface area contributed by atoms with Crippen LogP contribution in [0.1, 0.15) is 6.92 Å². The minimum atomic E-state index is -1.26. The number of para-hydroxylation sites is 1. The number of piperidine rings is 1. The Morgan fingerprint density at radius 2 is 1.68 bits per heavy atom. The summed E-state index contributed by atoms with van der Waals surface area (Å²) in [7, 11) is 0. The van der Waals surface area contributed by atoms with Crippen molar-refractivity contribution in [3.05, 3.63) is 36.5 Å².